The van der Waals surface area contributed by atoms with Crippen molar-refractivity contribution in [3.8, 4) is 11.3 Å². The van der Waals surface area contributed by atoms with Crippen LogP contribution in [-0.4, -0.2) is 21.7 Å². The normalized spacial score (nSPS) is 14.3. The molecular weight excluding hydrogens is 272 g/mol. The minimum Gasteiger partial charge on any atom is -0.385 e. The van der Waals surface area contributed by atoms with E-state index in [0.29, 0.717) is 0 Å². The number of H-pyrrole nitrogens is 1. The molecule has 0 amide bonds. The van der Waals surface area contributed by atoms with E-state index in [1.807, 2.05) is 32.2 Å². The highest BCUT2D eigenvalue weighted by molar-refractivity contribution is 5.76. The number of aromatic nitrogens is 3. The molecular formula is C18H26N4. The molecule has 0 saturated heterocycles. The highest BCUT2D eigenvalue weighted by atomic mass is 15.1. The first-order valence-corrected chi connectivity index (χ1v) is 8.21. The summed E-state index contributed by atoms with van der Waals surface area (Å²) in [5, 5.41) is 10.7. The summed E-state index contributed by atoms with van der Waals surface area (Å²) < 4.78 is 0. The van der Waals surface area contributed by atoms with Crippen molar-refractivity contribution in [2.75, 3.05) is 6.54 Å². The highest BCUT2D eigenvalue weighted by Gasteiger charge is 2.16. The summed E-state index contributed by atoms with van der Waals surface area (Å²) in [4.78, 5) is 4.05. The molecule has 2 aromatic rings. The van der Waals surface area contributed by atoms with Crippen LogP contribution in [0.4, 0.5) is 0 Å². The molecule has 0 aliphatic heterocycles. The molecule has 3 rings (SSSR count). The lowest BCUT2D eigenvalue weighted by molar-refractivity contribution is 0.532. The summed E-state index contributed by atoms with van der Waals surface area (Å²) in [7, 11) is 0. The second-order valence-electron chi connectivity index (χ2n) is 5.40. The standard InChI is InChI=1S/C16H20N4.C2H6/c1-12(18-10-13-4-2-3-5-13)15-11-19-20-16(15)14-6-8-17-9-7-14;1-2/h6-9,11,13,18H,1-5,10H2,(H,19,20);1-2H3. The largest absolute Gasteiger partial charge is 0.385 e. The summed E-state index contributed by atoms with van der Waals surface area (Å²) in [6, 6.07) is 3.95. The zero-order valence-electron chi connectivity index (χ0n) is 13.6. The number of rotatable bonds is 5. The van der Waals surface area contributed by atoms with Crippen LogP contribution in [0, 0.1) is 5.92 Å². The number of pyridine rings is 1. The highest BCUT2D eigenvalue weighted by Crippen LogP contribution is 2.26. The van der Waals surface area contributed by atoms with Gasteiger partial charge >= 0.3 is 0 Å². The molecule has 1 aliphatic carbocycles. The average molecular weight is 298 g/mol. The van der Waals surface area contributed by atoms with Gasteiger partial charge in [0.15, 0.2) is 0 Å². The second-order valence-corrected chi connectivity index (χ2v) is 5.40. The van der Waals surface area contributed by atoms with Crippen molar-refractivity contribution >= 4 is 5.70 Å². The minimum atomic E-state index is 0.794. The van der Waals surface area contributed by atoms with Gasteiger partial charge in [-0.2, -0.15) is 5.10 Å². The smallest absolute Gasteiger partial charge is 0.0744 e. The van der Waals surface area contributed by atoms with Crippen molar-refractivity contribution in [2.24, 2.45) is 5.92 Å². The van der Waals surface area contributed by atoms with Crippen molar-refractivity contribution in [1.29, 1.82) is 0 Å². The molecule has 0 unspecified atom stereocenters. The summed E-state index contributed by atoms with van der Waals surface area (Å²) in [6.07, 6.45) is 10.8. The minimum absolute atomic E-state index is 0.794. The Hall–Kier alpha value is -2.10. The van der Waals surface area contributed by atoms with E-state index in [0.717, 1.165) is 35.0 Å². The molecule has 1 saturated carbocycles. The van der Waals surface area contributed by atoms with Gasteiger partial charge in [-0.1, -0.05) is 33.3 Å². The fourth-order valence-electron chi connectivity index (χ4n) is 2.83. The summed E-state index contributed by atoms with van der Waals surface area (Å²) in [5.41, 5.74) is 4.05. The molecule has 22 heavy (non-hydrogen) atoms. The Bertz CT molecular complexity index is 568. The van der Waals surface area contributed by atoms with Crippen LogP contribution in [0.25, 0.3) is 17.0 Å². The van der Waals surface area contributed by atoms with Crippen LogP contribution in [0.3, 0.4) is 0 Å². The average Bonchev–Trinajstić information content (AvgIpc) is 3.27. The molecule has 2 heterocycles. The van der Waals surface area contributed by atoms with E-state index in [1.54, 1.807) is 12.4 Å². The van der Waals surface area contributed by atoms with Gasteiger partial charge in [0.2, 0.25) is 0 Å². The molecule has 0 radical (unpaired) electrons. The van der Waals surface area contributed by atoms with E-state index in [-0.39, 0.29) is 0 Å². The first-order chi connectivity index (χ1) is 10.8. The molecule has 118 valence electrons. The number of hydrogen-bond acceptors (Lipinski definition) is 3. The van der Waals surface area contributed by atoms with E-state index >= 15 is 0 Å². The van der Waals surface area contributed by atoms with Crippen LogP contribution in [0.5, 0.6) is 0 Å². The molecule has 2 N–H and O–H groups in total. The Morgan fingerprint density at radius 2 is 1.95 bits per heavy atom. The predicted octanol–water partition coefficient (Wildman–Crippen LogP) is 4.25. The second kappa shape index (κ2) is 8.37. The number of nitrogens with zero attached hydrogens (tertiary/aromatic N) is 2. The molecule has 0 spiro atoms. The van der Waals surface area contributed by atoms with Gasteiger partial charge in [-0.25, -0.2) is 0 Å². The van der Waals surface area contributed by atoms with E-state index < -0.39 is 0 Å². The number of nitrogens with one attached hydrogen (secondary N) is 2. The van der Waals surface area contributed by atoms with Crippen molar-refractivity contribution in [2.45, 2.75) is 39.5 Å². The first-order valence-electron chi connectivity index (χ1n) is 8.21. The maximum absolute atomic E-state index is 4.16. The third-order valence-electron chi connectivity index (χ3n) is 4.01. The fraction of sp³-hybridized carbons (Fsp3) is 0.444. The van der Waals surface area contributed by atoms with Crippen LogP contribution in [0.1, 0.15) is 45.1 Å². The molecule has 2 aromatic heterocycles. The lowest BCUT2D eigenvalue weighted by atomic mass is 10.1. The van der Waals surface area contributed by atoms with E-state index in [9.17, 15) is 0 Å². The third kappa shape index (κ3) is 3.97. The van der Waals surface area contributed by atoms with Gasteiger partial charge in [-0.3, -0.25) is 10.1 Å². The van der Waals surface area contributed by atoms with Crippen LogP contribution in [-0.2, 0) is 0 Å². The van der Waals surface area contributed by atoms with E-state index in [4.69, 9.17) is 0 Å². The van der Waals surface area contributed by atoms with E-state index in [1.165, 1.54) is 25.7 Å². The van der Waals surface area contributed by atoms with Crippen molar-refractivity contribution < 1.29 is 0 Å². The lowest BCUT2D eigenvalue weighted by Gasteiger charge is -2.14. The Morgan fingerprint density at radius 3 is 2.64 bits per heavy atom. The van der Waals surface area contributed by atoms with Crippen LogP contribution >= 0.6 is 0 Å². The topological polar surface area (TPSA) is 53.6 Å². The molecule has 1 aliphatic rings. The van der Waals surface area contributed by atoms with Gasteiger partial charge in [0.05, 0.1) is 11.9 Å². The Balaban J connectivity index is 0.000000847. The quantitative estimate of drug-likeness (QED) is 0.867. The zero-order chi connectivity index (χ0) is 15.8. The van der Waals surface area contributed by atoms with Crippen LogP contribution in [0.2, 0.25) is 0 Å². The summed E-state index contributed by atoms with van der Waals surface area (Å²) in [5.74, 6) is 0.794. The maximum atomic E-state index is 4.16. The first kappa shape index (κ1) is 16.3. The van der Waals surface area contributed by atoms with Gasteiger partial charge in [-0.15, -0.1) is 0 Å². The molecule has 1 fully saturated rings. The number of aromatic amines is 1. The van der Waals surface area contributed by atoms with Gasteiger partial charge in [0.1, 0.15) is 0 Å². The monoisotopic (exact) mass is 298 g/mol. The molecule has 0 atom stereocenters. The number of hydrogen-bond donors (Lipinski definition) is 2. The lowest BCUT2D eigenvalue weighted by Crippen LogP contribution is -2.19. The molecule has 0 bridgehead atoms. The summed E-state index contributed by atoms with van der Waals surface area (Å²) >= 11 is 0. The molecule has 4 nitrogen and oxygen atoms in total. The van der Waals surface area contributed by atoms with Crippen LogP contribution in [0.15, 0.2) is 37.3 Å². The van der Waals surface area contributed by atoms with Crippen molar-refractivity contribution in [3.63, 3.8) is 0 Å². The fourth-order valence-corrected chi connectivity index (χ4v) is 2.83. The zero-order valence-corrected chi connectivity index (χ0v) is 13.6. The third-order valence-corrected chi connectivity index (χ3v) is 4.01. The molecule has 4 heteroatoms. The van der Waals surface area contributed by atoms with Gasteiger partial charge < -0.3 is 5.32 Å². The van der Waals surface area contributed by atoms with Crippen LogP contribution < -0.4 is 5.32 Å². The maximum Gasteiger partial charge on any atom is 0.0744 e. The molecule has 0 aromatic carbocycles. The van der Waals surface area contributed by atoms with E-state index in [2.05, 4.69) is 27.1 Å². The Kier molecular flexibility index (Phi) is 6.19. The predicted molar refractivity (Wildman–Crippen MR) is 92.2 cm³/mol. The van der Waals surface area contributed by atoms with Crippen molar-refractivity contribution in [3.05, 3.63) is 42.9 Å². The Labute approximate surface area is 133 Å². The SMILES string of the molecule is C=C(NCC1CCCC1)c1cn[nH]c1-c1ccncc1.CC. The van der Waals surface area contributed by atoms with Gasteiger partial charge in [0, 0.05) is 35.8 Å². The Morgan fingerprint density at radius 1 is 1.27 bits per heavy atom. The van der Waals surface area contributed by atoms with Gasteiger partial charge in [0.25, 0.3) is 0 Å². The summed E-state index contributed by atoms with van der Waals surface area (Å²) in [6.45, 7) is 9.17. The van der Waals surface area contributed by atoms with Gasteiger partial charge in [-0.05, 0) is 30.9 Å². The van der Waals surface area contributed by atoms with Crippen molar-refractivity contribution in [1.82, 2.24) is 20.5 Å².